The van der Waals surface area contributed by atoms with Crippen LogP contribution in [-0.2, 0) is 4.79 Å². The van der Waals surface area contributed by atoms with Gasteiger partial charge in [0, 0.05) is 23.9 Å². The largest absolute Gasteiger partial charge is 0.497 e. The predicted molar refractivity (Wildman–Crippen MR) is 101 cm³/mol. The van der Waals surface area contributed by atoms with Gasteiger partial charge in [-0.05, 0) is 50.2 Å². The average molecular weight is 355 g/mol. The number of piperidine rings is 1. The van der Waals surface area contributed by atoms with Crippen LogP contribution in [0.2, 0.25) is 0 Å². The summed E-state index contributed by atoms with van der Waals surface area (Å²) in [4.78, 5) is 19.1. The van der Waals surface area contributed by atoms with Crippen LogP contribution in [0.25, 0.3) is 0 Å². The van der Waals surface area contributed by atoms with Gasteiger partial charge in [-0.3, -0.25) is 14.7 Å². The van der Waals surface area contributed by atoms with E-state index in [4.69, 9.17) is 9.47 Å². The normalized spacial score (nSPS) is 15.5. The number of nitrogens with zero attached hydrogens (tertiary/aromatic N) is 2. The van der Waals surface area contributed by atoms with E-state index in [0.717, 1.165) is 31.6 Å². The Bertz CT molecular complexity index is 728. The zero-order valence-electron chi connectivity index (χ0n) is 15.3. The molecule has 1 saturated heterocycles. The van der Waals surface area contributed by atoms with Gasteiger partial charge in [-0.1, -0.05) is 6.07 Å². The number of hydrogen-bond donors (Lipinski definition) is 1. The van der Waals surface area contributed by atoms with Crippen molar-refractivity contribution in [3.8, 4) is 11.5 Å². The third-order valence-electron chi connectivity index (χ3n) is 4.74. The van der Waals surface area contributed by atoms with Crippen LogP contribution < -0.4 is 14.8 Å². The monoisotopic (exact) mass is 355 g/mol. The quantitative estimate of drug-likeness (QED) is 0.863. The fraction of sp³-hybridized carbons (Fsp3) is 0.400. The van der Waals surface area contributed by atoms with Crippen LogP contribution in [-0.4, -0.2) is 49.6 Å². The van der Waals surface area contributed by atoms with Crippen LogP contribution in [0.3, 0.4) is 0 Å². The smallest absolute Gasteiger partial charge is 0.238 e. The second-order valence-corrected chi connectivity index (χ2v) is 6.42. The van der Waals surface area contributed by atoms with Gasteiger partial charge in [0.05, 0.1) is 26.5 Å². The van der Waals surface area contributed by atoms with E-state index >= 15 is 0 Å². The molecule has 1 amide bonds. The molecule has 3 rings (SSSR count). The predicted octanol–water partition coefficient (Wildman–Crippen LogP) is 2.92. The number of methoxy groups -OCH3 is 2. The lowest BCUT2D eigenvalue weighted by Crippen LogP contribution is -2.38. The summed E-state index contributed by atoms with van der Waals surface area (Å²) in [6, 6.07) is 11.4. The van der Waals surface area contributed by atoms with Crippen molar-refractivity contribution < 1.29 is 14.3 Å². The molecule has 26 heavy (non-hydrogen) atoms. The number of likely N-dealkylation sites (tertiary alicyclic amines) is 1. The molecule has 0 radical (unpaired) electrons. The molecule has 6 nitrogen and oxygen atoms in total. The molecule has 1 aliphatic rings. The molecule has 6 heteroatoms. The zero-order chi connectivity index (χ0) is 18.4. The lowest BCUT2D eigenvalue weighted by atomic mass is 9.93. The van der Waals surface area contributed by atoms with Gasteiger partial charge in [-0.25, -0.2) is 0 Å². The van der Waals surface area contributed by atoms with Crippen molar-refractivity contribution >= 4 is 11.6 Å². The van der Waals surface area contributed by atoms with Crippen LogP contribution in [0.5, 0.6) is 11.5 Å². The van der Waals surface area contributed by atoms with Crippen LogP contribution >= 0.6 is 0 Å². The van der Waals surface area contributed by atoms with Crippen molar-refractivity contribution in [1.82, 2.24) is 9.88 Å². The van der Waals surface area contributed by atoms with Gasteiger partial charge in [-0.15, -0.1) is 0 Å². The molecule has 1 N–H and O–H groups in total. The standard InChI is InChI=1S/C20H25N3O3/c1-25-16-6-7-19(26-2)18(13-16)22-20(24)14-23-11-8-15(9-12-23)17-5-3-4-10-21-17/h3-7,10,13,15H,8-9,11-12,14H2,1-2H3,(H,22,24). The van der Waals surface area contributed by atoms with E-state index in [1.807, 2.05) is 18.3 Å². The summed E-state index contributed by atoms with van der Waals surface area (Å²) in [7, 11) is 3.18. The highest BCUT2D eigenvalue weighted by Crippen LogP contribution is 2.29. The number of rotatable bonds is 6. The van der Waals surface area contributed by atoms with Gasteiger partial charge in [0.2, 0.25) is 5.91 Å². The minimum absolute atomic E-state index is 0.0483. The molecule has 0 aliphatic carbocycles. The molecule has 0 unspecified atom stereocenters. The second-order valence-electron chi connectivity index (χ2n) is 6.42. The first-order valence-electron chi connectivity index (χ1n) is 8.84. The first-order chi connectivity index (χ1) is 12.7. The first kappa shape index (κ1) is 18.2. The molecule has 1 aromatic heterocycles. The van der Waals surface area contributed by atoms with Gasteiger partial charge in [0.25, 0.3) is 0 Å². The van der Waals surface area contributed by atoms with Crippen LogP contribution in [0.1, 0.15) is 24.5 Å². The lowest BCUT2D eigenvalue weighted by molar-refractivity contribution is -0.117. The molecule has 1 fully saturated rings. The molecule has 0 bridgehead atoms. The Morgan fingerprint density at radius 2 is 2.00 bits per heavy atom. The summed E-state index contributed by atoms with van der Waals surface area (Å²) in [6.07, 6.45) is 3.89. The lowest BCUT2D eigenvalue weighted by Gasteiger charge is -2.31. The van der Waals surface area contributed by atoms with E-state index in [-0.39, 0.29) is 5.91 Å². The molecule has 0 saturated carbocycles. The number of anilines is 1. The van der Waals surface area contributed by atoms with Crippen molar-refractivity contribution in [2.45, 2.75) is 18.8 Å². The molecule has 1 aromatic carbocycles. The maximum atomic E-state index is 12.4. The topological polar surface area (TPSA) is 63.7 Å². The number of carbonyl (C=O) groups is 1. The van der Waals surface area contributed by atoms with E-state index in [0.29, 0.717) is 29.6 Å². The van der Waals surface area contributed by atoms with Crippen LogP contribution in [0.4, 0.5) is 5.69 Å². The molecule has 2 heterocycles. The maximum absolute atomic E-state index is 12.4. The Balaban J connectivity index is 1.53. The van der Waals surface area contributed by atoms with Gasteiger partial charge < -0.3 is 14.8 Å². The van der Waals surface area contributed by atoms with Crippen LogP contribution in [0.15, 0.2) is 42.6 Å². The van der Waals surface area contributed by atoms with E-state index in [1.54, 1.807) is 32.4 Å². The van der Waals surface area contributed by atoms with Gasteiger partial charge >= 0.3 is 0 Å². The SMILES string of the molecule is COc1ccc(OC)c(NC(=O)CN2CCC(c3ccccn3)CC2)c1. The highest BCUT2D eigenvalue weighted by molar-refractivity contribution is 5.94. The average Bonchev–Trinajstić information content (AvgIpc) is 2.69. The first-order valence-corrected chi connectivity index (χ1v) is 8.84. The number of carbonyl (C=O) groups excluding carboxylic acids is 1. The second kappa shape index (κ2) is 8.67. The molecular weight excluding hydrogens is 330 g/mol. The summed E-state index contributed by atoms with van der Waals surface area (Å²) in [5.41, 5.74) is 1.78. The highest BCUT2D eigenvalue weighted by Gasteiger charge is 2.23. The third-order valence-corrected chi connectivity index (χ3v) is 4.74. The fourth-order valence-corrected chi connectivity index (χ4v) is 3.31. The molecule has 138 valence electrons. The van der Waals surface area contributed by atoms with Crippen molar-refractivity contribution in [2.75, 3.05) is 39.2 Å². The van der Waals surface area contributed by atoms with E-state index in [2.05, 4.69) is 21.3 Å². The van der Waals surface area contributed by atoms with E-state index in [9.17, 15) is 4.79 Å². The summed E-state index contributed by atoms with van der Waals surface area (Å²) < 4.78 is 10.5. The van der Waals surface area contributed by atoms with Crippen molar-refractivity contribution in [3.63, 3.8) is 0 Å². The molecule has 2 aromatic rings. The minimum atomic E-state index is -0.0483. The van der Waals surface area contributed by atoms with Gasteiger partial charge in [0.1, 0.15) is 11.5 Å². The van der Waals surface area contributed by atoms with Gasteiger partial charge in [0.15, 0.2) is 0 Å². The molecule has 0 spiro atoms. The Kier molecular flexibility index (Phi) is 6.07. The summed E-state index contributed by atoms with van der Waals surface area (Å²) in [5.74, 6) is 1.73. The molecule has 0 atom stereocenters. The number of nitrogens with one attached hydrogen (secondary N) is 1. The van der Waals surface area contributed by atoms with E-state index in [1.165, 1.54) is 0 Å². The van der Waals surface area contributed by atoms with Crippen molar-refractivity contribution in [3.05, 3.63) is 48.3 Å². The Morgan fingerprint density at radius 3 is 2.65 bits per heavy atom. The Morgan fingerprint density at radius 1 is 1.19 bits per heavy atom. The zero-order valence-corrected chi connectivity index (χ0v) is 15.3. The highest BCUT2D eigenvalue weighted by atomic mass is 16.5. The number of amides is 1. The Hall–Kier alpha value is -2.60. The summed E-state index contributed by atoms with van der Waals surface area (Å²) >= 11 is 0. The molecular formula is C20H25N3O3. The minimum Gasteiger partial charge on any atom is -0.497 e. The summed E-state index contributed by atoms with van der Waals surface area (Å²) in [6.45, 7) is 2.16. The van der Waals surface area contributed by atoms with Crippen molar-refractivity contribution in [1.29, 1.82) is 0 Å². The van der Waals surface area contributed by atoms with E-state index < -0.39 is 0 Å². The number of benzene rings is 1. The number of pyridine rings is 1. The number of ether oxygens (including phenoxy) is 2. The fourth-order valence-electron chi connectivity index (χ4n) is 3.31. The number of aromatic nitrogens is 1. The third kappa shape index (κ3) is 4.52. The van der Waals surface area contributed by atoms with Gasteiger partial charge in [-0.2, -0.15) is 0 Å². The number of hydrogen-bond acceptors (Lipinski definition) is 5. The Labute approximate surface area is 154 Å². The van der Waals surface area contributed by atoms with Crippen LogP contribution in [0, 0.1) is 0 Å². The maximum Gasteiger partial charge on any atom is 0.238 e. The van der Waals surface area contributed by atoms with Crippen molar-refractivity contribution in [2.24, 2.45) is 0 Å². The summed E-state index contributed by atoms with van der Waals surface area (Å²) in [5, 5.41) is 2.93. The molecule has 1 aliphatic heterocycles.